The fourth-order valence-corrected chi connectivity index (χ4v) is 5.14. The number of nitrogens with zero attached hydrogens (tertiary/aromatic N) is 2. The summed E-state index contributed by atoms with van der Waals surface area (Å²) in [4.78, 5) is 10.4. The van der Waals surface area contributed by atoms with Crippen molar-refractivity contribution in [3.63, 3.8) is 0 Å². The summed E-state index contributed by atoms with van der Waals surface area (Å²) < 4.78 is 0. The van der Waals surface area contributed by atoms with E-state index in [1.165, 1.54) is 22.3 Å². The minimum Gasteiger partial charge on any atom is -0.245 e. The molecule has 0 aliphatic rings. The topological polar surface area (TPSA) is 25.8 Å². The summed E-state index contributed by atoms with van der Waals surface area (Å²) >= 11 is 0. The molecule has 0 N–H and O–H groups in total. The van der Waals surface area contributed by atoms with Gasteiger partial charge in [-0.3, -0.25) is 0 Å². The number of aromatic nitrogens is 2. The first-order valence-corrected chi connectivity index (χ1v) is 16.6. The van der Waals surface area contributed by atoms with Crippen LogP contribution >= 0.6 is 0 Å². The lowest BCUT2D eigenvalue weighted by Crippen LogP contribution is -2.00. The van der Waals surface area contributed by atoms with E-state index in [1.54, 1.807) is 0 Å². The normalized spacial score (nSPS) is 11.9. The minimum atomic E-state index is 0.825. The highest BCUT2D eigenvalue weighted by Gasteiger charge is 2.09. The number of hydrogen-bond donors (Lipinski definition) is 0. The lowest BCUT2D eigenvalue weighted by Gasteiger charge is -2.08. The van der Waals surface area contributed by atoms with Crippen molar-refractivity contribution in [2.75, 3.05) is 0 Å². The van der Waals surface area contributed by atoms with Gasteiger partial charge in [0, 0.05) is 0 Å². The third kappa shape index (κ3) is 8.99. The second-order valence-corrected chi connectivity index (χ2v) is 11.5. The molecule has 0 radical (unpaired) electrons. The highest BCUT2D eigenvalue weighted by atomic mass is 14.8. The Kier molecular flexibility index (Phi) is 11.4. The predicted molar refractivity (Wildman–Crippen MR) is 201 cm³/mol. The summed E-state index contributed by atoms with van der Waals surface area (Å²) in [5.41, 5.74) is 13.2. The van der Waals surface area contributed by atoms with Gasteiger partial charge in [-0.2, -0.15) is 0 Å². The van der Waals surface area contributed by atoms with Crippen LogP contribution in [0, 0.1) is 0 Å². The van der Waals surface area contributed by atoms with Gasteiger partial charge in [0.2, 0.25) is 0 Å². The molecule has 0 unspecified atom stereocenters. The molecular weight excluding hydrogens is 556 g/mol. The van der Waals surface area contributed by atoms with Crippen LogP contribution in [0.4, 0.5) is 0 Å². The molecule has 0 aliphatic heterocycles. The SMILES string of the molecule is CCc1ccc(C=Cc2nc(C=Cc3ccc(CC)cc3)c(C=Cc3ccc(CC)cc3)nc2C=Cc2ccc(CC)cc2)cc1. The van der Waals surface area contributed by atoms with Gasteiger partial charge in [-0.25, -0.2) is 9.97 Å². The third-order valence-electron chi connectivity index (χ3n) is 8.29. The highest BCUT2D eigenvalue weighted by Crippen LogP contribution is 2.21. The largest absolute Gasteiger partial charge is 0.245 e. The zero-order chi connectivity index (χ0) is 32.1. The van der Waals surface area contributed by atoms with Crippen LogP contribution in [0.5, 0.6) is 0 Å². The van der Waals surface area contributed by atoms with Crippen molar-refractivity contribution >= 4 is 48.6 Å². The van der Waals surface area contributed by atoms with E-state index in [2.05, 4.69) is 173 Å². The number of benzene rings is 4. The van der Waals surface area contributed by atoms with Gasteiger partial charge in [0.15, 0.2) is 0 Å². The molecule has 4 aromatic carbocycles. The van der Waals surface area contributed by atoms with Gasteiger partial charge in [0.25, 0.3) is 0 Å². The van der Waals surface area contributed by atoms with Crippen LogP contribution in [0.1, 0.15) is 95.0 Å². The Morgan fingerprint density at radius 2 is 0.500 bits per heavy atom. The third-order valence-corrected chi connectivity index (χ3v) is 8.29. The summed E-state index contributed by atoms with van der Waals surface area (Å²) in [5.74, 6) is 0. The van der Waals surface area contributed by atoms with Gasteiger partial charge in [-0.1, -0.05) is 149 Å². The van der Waals surface area contributed by atoms with E-state index in [4.69, 9.17) is 9.97 Å². The second-order valence-electron chi connectivity index (χ2n) is 11.5. The van der Waals surface area contributed by atoms with E-state index in [0.717, 1.165) is 70.7 Å². The minimum absolute atomic E-state index is 0.825. The van der Waals surface area contributed by atoms with Crippen LogP contribution in [0.2, 0.25) is 0 Å². The Morgan fingerprint density at radius 1 is 0.304 bits per heavy atom. The summed E-state index contributed by atoms with van der Waals surface area (Å²) in [6.07, 6.45) is 20.9. The molecule has 1 aromatic heterocycles. The molecule has 1 heterocycles. The van der Waals surface area contributed by atoms with Crippen molar-refractivity contribution in [3.8, 4) is 0 Å². The highest BCUT2D eigenvalue weighted by molar-refractivity contribution is 5.81. The Bertz CT molecular complexity index is 1550. The molecule has 5 rings (SSSR count). The lowest BCUT2D eigenvalue weighted by molar-refractivity contribution is 1.12. The molecular formula is C44H44N2. The van der Waals surface area contributed by atoms with E-state index in [1.807, 2.05) is 0 Å². The van der Waals surface area contributed by atoms with Crippen LogP contribution in [0.15, 0.2) is 97.1 Å². The Morgan fingerprint density at radius 3 is 0.674 bits per heavy atom. The maximum Gasteiger partial charge on any atom is 0.0894 e. The maximum atomic E-state index is 5.21. The lowest BCUT2D eigenvalue weighted by atomic mass is 10.1. The summed E-state index contributed by atoms with van der Waals surface area (Å²) in [6.45, 7) is 8.72. The molecule has 2 heteroatoms. The number of aryl methyl sites for hydroxylation is 4. The first-order valence-electron chi connectivity index (χ1n) is 16.6. The monoisotopic (exact) mass is 600 g/mol. The molecule has 0 bridgehead atoms. The molecule has 230 valence electrons. The van der Waals surface area contributed by atoms with Gasteiger partial charge in [-0.05, 0) is 94.5 Å². The predicted octanol–water partition coefficient (Wildman–Crippen LogP) is 11.4. The van der Waals surface area contributed by atoms with Crippen molar-refractivity contribution in [2.45, 2.75) is 53.4 Å². The second kappa shape index (κ2) is 16.3. The average molecular weight is 601 g/mol. The summed E-state index contributed by atoms with van der Waals surface area (Å²) in [5, 5.41) is 0. The number of hydrogen-bond acceptors (Lipinski definition) is 2. The Labute approximate surface area is 275 Å². The zero-order valence-electron chi connectivity index (χ0n) is 27.6. The average Bonchev–Trinajstić information content (AvgIpc) is 3.12. The Balaban J connectivity index is 1.58. The standard InChI is InChI=1S/C44H44N2/c1-5-33-9-17-37(18-10-33)25-29-41-42(30-26-38-19-11-34(6-2)12-20-38)46-44(32-28-40-23-15-36(8-4)16-24-40)43(45-41)31-27-39-21-13-35(7-3)14-22-39/h9-32H,5-8H2,1-4H3. The molecule has 0 aliphatic carbocycles. The van der Waals surface area contributed by atoms with E-state index in [0.29, 0.717) is 0 Å². The van der Waals surface area contributed by atoms with E-state index in [9.17, 15) is 0 Å². The Hall–Kier alpha value is -5.08. The first-order chi connectivity index (χ1) is 22.6. The van der Waals surface area contributed by atoms with Crippen molar-refractivity contribution < 1.29 is 0 Å². The fraction of sp³-hybridized carbons (Fsp3) is 0.182. The first kappa shape index (κ1) is 32.3. The quantitative estimate of drug-likeness (QED) is 0.142. The van der Waals surface area contributed by atoms with Gasteiger partial charge in [0.05, 0.1) is 22.8 Å². The van der Waals surface area contributed by atoms with Crippen LogP contribution < -0.4 is 0 Å². The molecule has 0 saturated heterocycles. The fourth-order valence-electron chi connectivity index (χ4n) is 5.14. The number of rotatable bonds is 12. The van der Waals surface area contributed by atoms with Crippen LogP contribution in [0.25, 0.3) is 48.6 Å². The van der Waals surface area contributed by atoms with Crippen LogP contribution in [-0.4, -0.2) is 9.97 Å². The molecule has 0 spiro atoms. The molecule has 0 fully saturated rings. The van der Waals surface area contributed by atoms with E-state index >= 15 is 0 Å². The van der Waals surface area contributed by atoms with E-state index in [-0.39, 0.29) is 0 Å². The van der Waals surface area contributed by atoms with Crippen molar-refractivity contribution in [2.24, 2.45) is 0 Å². The summed E-state index contributed by atoms with van der Waals surface area (Å²) in [7, 11) is 0. The maximum absolute atomic E-state index is 5.21. The molecule has 5 aromatic rings. The van der Waals surface area contributed by atoms with Gasteiger partial charge in [0.1, 0.15) is 0 Å². The summed E-state index contributed by atoms with van der Waals surface area (Å²) in [6, 6.07) is 34.8. The molecule has 0 amide bonds. The van der Waals surface area contributed by atoms with E-state index < -0.39 is 0 Å². The van der Waals surface area contributed by atoms with Crippen molar-refractivity contribution in [1.82, 2.24) is 9.97 Å². The molecule has 2 nitrogen and oxygen atoms in total. The smallest absolute Gasteiger partial charge is 0.0894 e. The van der Waals surface area contributed by atoms with Crippen molar-refractivity contribution in [1.29, 1.82) is 0 Å². The van der Waals surface area contributed by atoms with Gasteiger partial charge < -0.3 is 0 Å². The zero-order valence-corrected chi connectivity index (χ0v) is 27.6. The van der Waals surface area contributed by atoms with Crippen LogP contribution in [0.3, 0.4) is 0 Å². The van der Waals surface area contributed by atoms with Crippen molar-refractivity contribution in [3.05, 3.63) is 164 Å². The van der Waals surface area contributed by atoms with Crippen LogP contribution in [-0.2, 0) is 25.7 Å². The molecule has 0 atom stereocenters. The van der Waals surface area contributed by atoms with Gasteiger partial charge >= 0.3 is 0 Å². The molecule has 46 heavy (non-hydrogen) atoms. The van der Waals surface area contributed by atoms with Gasteiger partial charge in [-0.15, -0.1) is 0 Å². The molecule has 0 saturated carbocycles.